The number of methoxy groups -OCH3 is 1. The summed E-state index contributed by atoms with van der Waals surface area (Å²) < 4.78 is 12.0. The molecule has 20 heavy (non-hydrogen) atoms. The molecular weight excluding hydrogens is 258 g/mol. The molecule has 6 nitrogen and oxygen atoms in total. The Kier molecular flexibility index (Phi) is 5.14. The van der Waals surface area contributed by atoms with E-state index in [1.54, 1.807) is 24.1 Å². The first kappa shape index (κ1) is 14.1. The van der Waals surface area contributed by atoms with Gasteiger partial charge in [-0.2, -0.15) is 5.10 Å². The SMILES string of the molecule is COCCNC(=O)c1ccn(COc2ccccc2)n1. The zero-order valence-corrected chi connectivity index (χ0v) is 11.3. The van der Waals surface area contributed by atoms with Crippen LogP contribution in [0.4, 0.5) is 0 Å². The molecule has 1 heterocycles. The number of aromatic nitrogens is 2. The number of nitrogens with one attached hydrogen (secondary N) is 1. The third-order valence-electron chi connectivity index (χ3n) is 2.57. The lowest BCUT2D eigenvalue weighted by Gasteiger charge is -2.05. The van der Waals surface area contributed by atoms with Gasteiger partial charge in [-0.05, 0) is 18.2 Å². The molecule has 1 aromatic carbocycles. The number of amides is 1. The highest BCUT2D eigenvalue weighted by atomic mass is 16.5. The molecule has 0 saturated heterocycles. The average molecular weight is 275 g/mol. The summed E-state index contributed by atoms with van der Waals surface area (Å²) >= 11 is 0. The Balaban J connectivity index is 1.84. The Labute approximate surface area is 117 Å². The smallest absolute Gasteiger partial charge is 0.271 e. The number of nitrogens with zero attached hydrogens (tertiary/aromatic N) is 2. The van der Waals surface area contributed by atoms with Crippen molar-refractivity contribution in [1.29, 1.82) is 0 Å². The summed E-state index contributed by atoms with van der Waals surface area (Å²) in [7, 11) is 1.59. The van der Waals surface area contributed by atoms with Crippen LogP contribution in [-0.2, 0) is 11.5 Å². The zero-order chi connectivity index (χ0) is 14.2. The van der Waals surface area contributed by atoms with Gasteiger partial charge in [0.05, 0.1) is 6.61 Å². The number of carbonyl (C=O) groups is 1. The molecule has 0 saturated carbocycles. The number of hydrogen-bond acceptors (Lipinski definition) is 4. The van der Waals surface area contributed by atoms with Crippen LogP contribution >= 0.6 is 0 Å². The first-order chi connectivity index (χ1) is 9.79. The van der Waals surface area contributed by atoms with Crippen molar-refractivity contribution >= 4 is 5.91 Å². The maximum absolute atomic E-state index is 11.7. The fraction of sp³-hybridized carbons (Fsp3) is 0.286. The quantitative estimate of drug-likeness (QED) is 0.773. The van der Waals surface area contributed by atoms with E-state index in [4.69, 9.17) is 9.47 Å². The maximum atomic E-state index is 11.7. The topological polar surface area (TPSA) is 65.4 Å². The maximum Gasteiger partial charge on any atom is 0.271 e. The van der Waals surface area contributed by atoms with E-state index in [1.807, 2.05) is 30.3 Å². The van der Waals surface area contributed by atoms with Gasteiger partial charge in [-0.25, -0.2) is 4.68 Å². The molecular formula is C14H17N3O3. The largest absolute Gasteiger partial charge is 0.471 e. The van der Waals surface area contributed by atoms with Crippen molar-refractivity contribution in [3.8, 4) is 5.75 Å². The van der Waals surface area contributed by atoms with Gasteiger partial charge in [-0.15, -0.1) is 0 Å². The van der Waals surface area contributed by atoms with Crippen LogP contribution in [0.15, 0.2) is 42.6 Å². The Bertz CT molecular complexity index is 540. The molecule has 2 aromatic rings. The summed E-state index contributed by atoms with van der Waals surface area (Å²) in [5.74, 6) is 0.537. The second-order valence-corrected chi connectivity index (χ2v) is 4.08. The molecule has 0 bridgehead atoms. The van der Waals surface area contributed by atoms with Crippen molar-refractivity contribution in [1.82, 2.24) is 15.1 Å². The number of benzene rings is 1. The molecule has 0 spiro atoms. The predicted molar refractivity (Wildman–Crippen MR) is 73.5 cm³/mol. The minimum absolute atomic E-state index is 0.222. The number of hydrogen-bond donors (Lipinski definition) is 1. The Morgan fingerprint density at radius 3 is 2.85 bits per heavy atom. The summed E-state index contributed by atoms with van der Waals surface area (Å²) in [6.07, 6.45) is 1.70. The van der Waals surface area contributed by atoms with Crippen LogP contribution in [0.25, 0.3) is 0 Å². The van der Waals surface area contributed by atoms with E-state index in [9.17, 15) is 4.79 Å². The number of para-hydroxylation sites is 1. The molecule has 106 valence electrons. The normalized spacial score (nSPS) is 10.2. The molecule has 0 atom stereocenters. The van der Waals surface area contributed by atoms with Crippen molar-refractivity contribution in [2.24, 2.45) is 0 Å². The van der Waals surface area contributed by atoms with Gasteiger partial charge in [0.25, 0.3) is 5.91 Å². The summed E-state index contributed by atoms with van der Waals surface area (Å²) in [5, 5.41) is 6.85. The van der Waals surface area contributed by atoms with Crippen molar-refractivity contribution in [3.63, 3.8) is 0 Å². The molecule has 1 N–H and O–H groups in total. The van der Waals surface area contributed by atoms with Crippen LogP contribution in [0, 0.1) is 0 Å². The number of rotatable bonds is 7. The average Bonchev–Trinajstić information content (AvgIpc) is 2.95. The lowest BCUT2D eigenvalue weighted by molar-refractivity contribution is 0.0930. The Hall–Kier alpha value is -2.34. The number of ether oxygens (including phenoxy) is 2. The third kappa shape index (κ3) is 4.10. The van der Waals surface area contributed by atoms with E-state index in [0.29, 0.717) is 18.8 Å². The highest BCUT2D eigenvalue weighted by Gasteiger charge is 2.08. The van der Waals surface area contributed by atoms with Crippen LogP contribution in [-0.4, -0.2) is 35.9 Å². The molecule has 0 fully saturated rings. The minimum atomic E-state index is -0.222. The predicted octanol–water partition coefficient (Wildman–Crippen LogP) is 1.30. The first-order valence-corrected chi connectivity index (χ1v) is 6.28. The van der Waals surface area contributed by atoms with Gasteiger partial charge in [0.15, 0.2) is 6.73 Å². The van der Waals surface area contributed by atoms with Gasteiger partial charge in [0.1, 0.15) is 11.4 Å². The second kappa shape index (κ2) is 7.30. The summed E-state index contributed by atoms with van der Waals surface area (Å²) in [6, 6.07) is 11.1. The Morgan fingerprint density at radius 2 is 2.10 bits per heavy atom. The highest BCUT2D eigenvalue weighted by molar-refractivity contribution is 5.92. The van der Waals surface area contributed by atoms with Gasteiger partial charge >= 0.3 is 0 Å². The van der Waals surface area contributed by atoms with Crippen molar-refractivity contribution < 1.29 is 14.3 Å². The molecule has 6 heteroatoms. The van der Waals surface area contributed by atoms with Gasteiger partial charge in [-0.1, -0.05) is 18.2 Å². The van der Waals surface area contributed by atoms with Gasteiger partial charge in [0.2, 0.25) is 0 Å². The van der Waals surface area contributed by atoms with Crippen LogP contribution in [0.2, 0.25) is 0 Å². The highest BCUT2D eigenvalue weighted by Crippen LogP contribution is 2.08. The summed E-state index contributed by atoms with van der Waals surface area (Å²) in [4.78, 5) is 11.7. The first-order valence-electron chi connectivity index (χ1n) is 6.28. The molecule has 1 aromatic heterocycles. The van der Waals surface area contributed by atoms with Gasteiger partial charge in [0, 0.05) is 19.9 Å². The molecule has 2 rings (SSSR count). The number of carbonyl (C=O) groups excluding carboxylic acids is 1. The van der Waals surface area contributed by atoms with Crippen LogP contribution in [0.1, 0.15) is 10.5 Å². The monoisotopic (exact) mass is 275 g/mol. The Morgan fingerprint density at radius 1 is 1.30 bits per heavy atom. The minimum Gasteiger partial charge on any atom is -0.471 e. The van der Waals surface area contributed by atoms with Crippen LogP contribution < -0.4 is 10.1 Å². The van der Waals surface area contributed by atoms with Crippen molar-refractivity contribution in [3.05, 3.63) is 48.3 Å². The second-order valence-electron chi connectivity index (χ2n) is 4.08. The van der Waals surface area contributed by atoms with Gasteiger partial charge in [-0.3, -0.25) is 4.79 Å². The molecule has 0 aliphatic carbocycles. The van der Waals surface area contributed by atoms with E-state index in [-0.39, 0.29) is 12.6 Å². The van der Waals surface area contributed by atoms with Crippen molar-refractivity contribution in [2.45, 2.75) is 6.73 Å². The van der Waals surface area contributed by atoms with E-state index in [1.165, 1.54) is 0 Å². The lowest BCUT2D eigenvalue weighted by atomic mass is 10.3. The van der Waals surface area contributed by atoms with Gasteiger partial charge < -0.3 is 14.8 Å². The lowest BCUT2D eigenvalue weighted by Crippen LogP contribution is -2.27. The fourth-order valence-electron chi connectivity index (χ4n) is 1.57. The summed E-state index contributed by atoms with van der Waals surface area (Å²) in [5.41, 5.74) is 0.359. The molecule has 0 radical (unpaired) electrons. The van der Waals surface area contributed by atoms with E-state index >= 15 is 0 Å². The van der Waals surface area contributed by atoms with E-state index < -0.39 is 0 Å². The van der Waals surface area contributed by atoms with E-state index in [0.717, 1.165) is 5.75 Å². The standard InChI is InChI=1S/C14H17N3O3/c1-19-10-8-15-14(18)13-7-9-17(16-13)11-20-12-5-3-2-4-6-12/h2-7,9H,8,10-11H2,1H3,(H,15,18). The molecule has 0 aliphatic heterocycles. The van der Waals surface area contributed by atoms with Crippen LogP contribution in [0.3, 0.4) is 0 Å². The summed E-state index contributed by atoms with van der Waals surface area (Å²) in [6.45, 7) is 1.20. The zero-order valence-electron chi connectivity index (χ0n) is 11.3. The molecule has 1 amide bonds. The molecule has 0 unspecified atom stereocenters. The van der Waals surface area contributed by atoms with Crippen molar-refractivity contribution in [2.75, 3.05) is 20.3 Å². The third-order valence-corrected chi connectivity index (χ3v) is 2.57. The van der Waals surface area contributed by atoms with E-state index in [2.05, 4.69) is 10.4 Å². The fourth-order valence-corrected chi connectivity index (χ4v) is 1.57. The molecule has 0 aliphatic rings. The van der Waals surface area contributed by atoms with Crippen LogP contribution in [0.5, 0.6) is 5.75 Å².